The van der Waals surface area contributed by atoms with Crippen molar-refractivity contribution in [1.29, 1.82) is 0 Å². The van der Waals surface area contributed by atoms with Gasteiger partial charge in [0.1, 0.15) is 12.2 Å². The van der Waals surface area contributed by atoms with Gasteiger partial charge in [0, 0.05) is 11.5 Å². The minimum absolute atomic E-state index is 0.170. The van der Waals surface area contributed by atoms with E-state index < -0.39 is 24.6 Å². The Labute approximate surface area is 120 Å². The smallest absolute Gasteiger partial charge is 0.384 e. The number of alkyl halides is 6. The minimum Gasteiger partial charge on any atom is -0.384 e. The number of halogens is 6. The Bertz CT molecular complexity index is 233. The normalized spacial score (nSPS) is 16.2. The predicted molar refractivity (Wildman–Crippen MR) is 67.5 cm³/mol. The highest BCUT2D eigenvalue weighted by Crippen LogP contribution is 2.28. The molecule has 0 heterocycles. The van der Waals surface area contributed by atoms with Crippen molar-refractivity contribution in [2.24, 2.45) is 0 Å². The quantitative estimate of drug-likeness (QED) is 0.379. The molecule has 0 bridgehead atoms. The van der Waals surface area contributed by atoms with E-state index in [4.69, 9.17) is 10.2 Å². The summed E-state index contributed by atoms with van der Waals surface area (Å²) in [7, 11) is 2.48. The molecule has 0 aliphatic rings. The number of aliphatic hydroxyl groups is 2. The fourth-order valence-corrected chi connectivity index (χ4v) is 3.34. The van der Waals surface area contributed by atoms with Crippen molar-refractivity contribution >= 4 is 21.6 Å². The Hall–Kier alpha value is 0.200. The molecule has 0 aromatic rings. The zero-order valence-electron chi connectivity index (χ0n) is 10.4. The van der Waals surface area contributed by atoms with E-state index >= 15 is 0 Å². The monoisotopic (exact) mass is 346 g/mol. The molecule has 0 amide bonds. The zero-order chi connectivity index (χ0) is 15.8. The van der Waals surface area contributed by atoms with Gasteiger partial charge in [-0.2, -0.15) is 26.3 Å². The molecule has 0 spiro atoms. The van der Waals surface area contributed by atoms with Crippen molar-refractivity contribution < 1.29 is 36.6 Å². The summed E-state index contributed by atoms with van der Waals surface area (Å²) in [5.41, 5.74) is 0. The van der Waals surface area contributed by atoms with Crippen LogP contribution in [0.15, 0.2) is 0 Å². The molecule has 122 valence electrons. The number of hydrogen-bond donors (Lipinski definition) is 2. The molecular weight excluding hydrogens is 330 g/mol. The SMILES string of the molecule is OC(CCCSSCCCC(O)C(F)(F)F)C(F)(F)F. The lowest BCUT2D eigenvalue weighted by molar-refractivity contribution is -0.205. The molecule has 0 aromatic heterocycles. The number of rotatable bonds is 9. The van der Waals surface area contributed by atoms with E-state index in [1.54, 1.807) is 0 Å². The van der Waals surface area contributed by atoms with Crippen LogP contribution in [0.1, 0.15) is 25.7 Å². The van der Waals surface area contributed by atoms with Gasteiger partial charge in [0.15, 0.2) is 0 Å². The molecule has 0 fully saturated rings. The van der Waals surface area contributed by atoms with Crippen LogP contribution in [0.5, 0.6) is 0 Å². The van der Waals surface area contributed by atoms with Crippen LogP contribution in [0, 0.1) is 0 Å². The highest BCUT2D eigenvalue weighted by molar-refractivity contribution is 8.76. The van der Waals surface area contributed by atoms with Crippen LogP contribution in [0.25, 0.3) is 0 Å². The second-order valence-electron chi connectivity index (χ2n) is 4.04. The largest absolute Gasteiger partial charge is 0.414 e. The van der Waals surface area contributed by atoms with Crippen LogP contribution in [-0.2, 0) is 0 Å². The average molecular weight is 346 g/mol. The Morgan fingerprint density at radius 3 is 1.25 bits per heavy atom. The highest BCUT2D eigenvalue weighted by atomic mass is 33.1. The fraction of sp³-hybridized carbons (Fsp3) is 1.00. The number of aliphatic hydroxyl groups excluding tert-OH is 2. The third-order valence-electron chi connectivity index (χ3n) is 2.25. The molecule has 0 saturated carbocycles. The van der Waals surface area contributed by atoms with Crippen LogP contribution in [0.2, 0.25) is 0 Å². The molecule has 2 N–H and O–H groups in total. The summed E-state index contributed by atoms with van der Waals surface area (Å²) >= 11 is 0. The van der Waals surface area contributed by atoms with E-state index in [1.807, 2.05) is 0 Å². The first-order valence-electron chi connectivity index (χ1n) is 5.79. The van der Waals surface area contributed by atoms with Crippen molar-refractivity contribution in [3.8, 4) is 0 Å². The predicted octanol–water partition coefficient (Wildman–Crippen LogP) is 3.77. The van der Waals surface area contributed by atoms with Gasteiger partial charge in [-0.15, -0.1) is 0 Å². The molecule has 0 radical (unpaired) electrons. The molecule has 2 atom stereocenters. The second-order valence-corrected chi connectivity index (χ2v) is 6.75. The maximum absolute atomic E-state index is 11.9. The lowest BCUT2D eigenvalue weighted by Crippen LogP contribution is -2.28. The summed E-state index contributed by atoms with van der Waals surface area (Å²) in [5, 5.41) is 17.4. The van der Waals surface area contributed by atoms with E-state index in [0.29, 0.717) is 11.5 Å². The first-order chi connectivity index (χ1) is 9.05. The van der Waals surface area contributed by atoms with E-state index in [2.05, 4.69) is 0 Å². The van der Waals surface area contributed by atoms with Crippen LogP contribution in [0.4, 0.5) is 26.3 Å². The molecular formula is C10H16F6O2S2. The topological polar surface area (TPSA) is 40.5 Å². The molecule has 0 aliphatic carbocycles. The summed E-state index contributed by atoms with van der Waals surface area (Å²) in [6, 6.07) is 0. The Morgan fingerprint density at radius 1 is 0.700 bits per heavy atom. The van der Waals surface area contributed by atoms with Gasteiger partial charge in [-0.05, 0) is 25.7 Å². The van der Waals surface area contributed by atoms with Gasteiger partial charge in [0.2, 0.25) is 0 Å². The van der Waals surface area contributed by atoms with Gasteiger partial charge in [-0.25, -0.2) is 0 Å². The molecule has 20 heavy (non-hydrogen) atoms. The first-order valence-corrected chi connectivity index (χ1v) is 8.28. The van der Waals surface area contributed by atoms with Gasteiger partial charge in [0.05, 0.1) is 0 Å². The number of hydrogen-bond acceptors (Lipinski definition) is 4. The molecule has 2 unspecified atom stereocenters. The van der Waals surface area contributed by atoms with E-state index in [9.17, 15) is 26.3 Å². The summed E-state index contributed by atoms with van der Waals surface area (Å²) < 4.78 is 71.5. The Morgan fingerprint density at radius 2 is 1.00 bits per heavy atom. The minimum atomic E-state index is -4.61. The maximum atomic E-state index is 11.9. The standard InChI is InChI=1S/C10H16F6O2S2/c11-9(12,13)7(17)3-1-5-19-20-6-2-4-8(18)10(14,15)16/h7-8,17-18H,1-6H2. The molecule has 10 heteroatoms. The zero-order valence-corrected chi connectivity index (χ0v) is 12.0. The summed E-state index contributed by atoms with van der Waals surface area (Å²) in [5.74, 6) is 0.749. The average Bonchev–Trinajstić information content (AvgIpc) is 2.29. The van der Waals surface area contributed by atoms with Crippen molar-refractivity contribution in [2.75, 3.05) is 11.5 Å². The lowest BCUT2D eigenvalue weighted by Gasteiger charge is -2.14. The van der Waals surface area contributed by atoms with Gasteiger partial charge in [-0.1, -0.05) is 21.6 Å². The van der Waals surface area contributed by atoms with Gasteiger partial charge in [0.25, 0.3) is 0 Å². The summed E-state index contributed by atoms with van der Waals surface area (Å²) in [6.07, 6.45) is -14.3. The molecule has 0 aliphatic heterocycles. The molecule has 2 nitrogen and oxygen atoms in total. The van der Waals surface area contributed by atoms with E-state index in [0.717, 1.165) is 0 Å². The van der Waals surface area contributed by atoms with Crippen LogP contribution in [-0.4, -0.2) is 46.3 Å². The fourth-order valence-electron chi connectivity index (χ4n) is 1.12. The van der Waals surface area contributed by atoms with Crippen molar-refractivity contribution in [3.05, 3.63) is 0 Å². The lowest BCUT2D eigenvalue weighted by atomic mass is 10.2. The second kappa shape index (κ2) is 9.26. The third kappa shape index (κ3) is 10.0. The van der Waals surface area contributed by atoms with Crippen LogP contribution < -0.4 is 0 Å². The van der Waals surface area contributed by atoms with Gasteiger partial charge < -0.3 is 10.2 Å². The summed E-state index contributed by atoms with van der Waals surface area (Å²) in [6.45, 7) is 0. The molecule has 0 saturated heterocycles. The van der Waals surface area contributed by atoms with Gasteiger partial charge in [-0.3, -0.25) is 0 Å². The summed E-state index contributed by atoms with van der Waals surface area (Å²) in [4.78, 5) is 0. The maximum Gasteiger partial charge on any atom is 0.414 e. The van der Waals surface area contributed by atoms with E-state index in [1.165, 1.54) is 21.6 Å². The van der Waals surface area contributed by atoms with Crippen molar-refractivity contribution in [1.82, 2.24) is 0 Å². The van der Waals surface area contributed by atoms with Crippen molar-refractivity contribution in [2.45, 2.75) is 50.2 Å². The molecule has 0 aromatic carbocycles. The van der Waals surface area contributed by atoms with Crippen LogP contribution >= 0.6 is 21.6 Å². The first kappa shape index (κ1) is 20.2. The van der Waals surface area contributed by atoms with Crippen LogP contribution in [0.3, 0.4) is 0 Å². The Kier molecular flexibility index (Phi) is 9.36. The highest BCUT2D eigenvalue weighted by Gasteiger charge is 2.38. The van der Waals surface area contributed by atoms with Gasteiger partial charge >= 0.3 is 12.4 Å². The Balaban J connectivity index is 3.42. The third-order valence-corrected chi connectivity index (χ3v) is 4.83. The molecule has 0 rings (SSSR count). The van der Waals surface area contributed by atoms with E-state index in [-0.39, 0.29) is 25.7 Å². The van der Waals surface area contributed by atoms with Crippen molar-refractivity contribution in [3.63, 3.8) is 0 Å².